The Kier molecular flexibility index (Phi) is 5.05. The molecule has 0 atom stereocenters. The fourth-order valence-corrected chi connectivity index (χ4v) is 4.64. The van der Waals surface area contributed by atoms with Gasteiger partial charge in [0.15, 0.2) is 0 Å². The maximum absolute atomic E-state index is 13.2. The van der Waals surface area contributed by atoms with Gasteiger partial charge in [-0.25, -0.2) is 22.6 Å². The molecule has 5 nitrogen and oxygen atoms in total. The third kappa shape index (κ3) is 3.55. The zero-order valence-electron chi connectivity index (χ0n) is 15.9. The molecule has 1 heterocycles. The van der Waals surface area contributed by atoms with Crippen LogP contribution in [-0.4, -0.2) is 26.5 Å². The summed E-state index contributed by atoms with van der Waals surface area (Å²) in [6.07, 6.45) is 0. The first-order chi connectivity index (χ1) is 14.4. The summed E-state index contributed by atoms with van der Waals surface area (Å²) in [5.41, 5.74) is 1.97. The van der Waals surface area contributed by atoms with Crippen molar-refractivity contribution >= 4 is 26.7 Å². The van der Waals surface area contributed by atoms with E-state index in [2.05, 4.69) is 4.98 Å². The van der Waals surface area contributed by atoms with Crippen LogP contribution in [-0.2, 0) is 14.6 Å². The summed E-state index contributed by atoms with van der Waals surface area (Å²) in [6.45, 7) is 0. The molecule has 7 heteroatoms. The van der Waals surface area contributed by atoms with Gasteiger partial charge in [0.25, 0.3) is 0 Å². The highest BCUT2D eigenvalue weighted by molar-refractivity contribution is 7.91. The van der Waals surface area contributed by atoms with Gasteiger partial charge in [-0.2, -0.15) is 0 Å². The molecule has 0 unspecified atom stereocenters. The fourth-order valence-electron chi connectivity index (χ4n) is 3.16. The van der Waals surface area contributed by atoms with Crippen molar-refractivity contribution in [2.45, 2.75) is 9.79 Å². The second kappa shape index (κ2) is 7.68. The summed E-state index contributed by atoms with van der Waals surface area (Å²) in [4.78, 5) is 16.5. The van der Waals surface area contributed by atoms with Crippen LogP contribution in [0.1, 0.15) is 10.4 Å². The summed E-state index contributed by atoms with van der Waals surface area (Å²) in [5.74, 6) is -1.05. The van der Waals surface area contributed by atoms with E-state index in [1.807, 2.05) is 0 Å². The van der Waals surface area contributed by atoms with E-state index in [0.717, 1.165) is 5.56 Å². The van der Waals surface area contributed by atoms with Crippen molar-refractivity contribution in [2.75, 3.05) is 7.11 Å². The first-order valence-corrected chi connectivity index (χ1v) is 10.5. The predicted octanol–water partition coefficient (Wildman–Crippen LogP) is 4.66. The molecule has 30 heavy (non-hydrogen) atoms. The van der Waals surface area contributed by atoms with Crippen LogP contribution in [0.15, 0.2) is 88.7 Å². The predicted molar refractivity (Wildman–Crippen MR) is 110 cm³/mol. The van der Waals surface area contributed by atoms with Gasteiger partial charge in [0.05, 0.1) is 33.7 Å². The standard InChI is InChI=1S/C23H16FNO4S/c1-29-23(26)19-4-2-3-5-22(19)30(27,28)18-11-13-21-16(14-18)8-12-20(25-21)15-6-9-17(24)10-7-15/h2-14H,1H3. The number of hydrogen-bond donors (Lipinski definition) is 0. The number of ether oxygens (including phenoxy) is 1. The Balaban J connectivity index is 1.78. The minimum Gasteiger partial charge on any atom is -0.465 e. The highest BCUT2D eigenvalue weighted by atomic mass is 32.2. The lowest BCUT2D eigenvalue weighted by atomic mass is 10.1. The number of fused-ring (bicyclic) bond motifs is 1. The molecule has 0 saturated carbocycles. The van der Waals surface area contributed by atoms with Gasteiger partial charge in [0.1, 0.15) is 5.82 Å². The number of carbonyl (C=O) groups excluding carboxylic acids is 1. The lowest BCUT2D eigenvalue weighted by Gasteiger charge is -2.10. The van der Waals surface area contributed by atoms with Crippen LogP contribution >= 0.6 is 0 Å². The van der Waals surface area contributed by atoms with Crippen molar-refractivity contribution in [3.63, 3.8) is 0 Å². The highest BCUT2D eigenvalue weighted by Crippen LogP contribution is 2.28. The number of nitrogens with zero attached hydrogens (tertiary/aromatic N) is 1. The molecule has 150 valence electrons. The van der Waals surface area contributed by atoms with Crippen LogP contribution in [0.5, 0.6) is 0 Å². The van der Waals surface area contributed by atoms with Crippen LogP contribution in [0.3, 0.4) is 0 Å². The Labute approximate surface area is 172 Å². The Morgan fingerprint density at radius 1 is 0.933 bits per heavy atom. The number of methoxy groups -OCH3 is 1. The second-order valence-corrected chi connectivity index (χ2v) is 8.47. The van der Waals surface area contributed by atoms with Crippen molar-refractivity contribution in [3.8, 4) is 11.3 Å². The molecule has 0 bridgehead atoms. The summed E-state index contributed by atoms with van der Waals surface area (Å²) in [6, 6.07) is 20.0. The number of halogens is 1. The van der Waals surface area contributed by atoms with Crippen molar-refractivity contribution < 1.29 is 22.3 Å². The maximum atomic E-state index is 13.2. The maximum Gasteiger partial charge on any atom is 0.339 e. The lowest BCUT2D eigenvalue weighted by Crippen LogP contribution is -2.11. The van der Waals surface area contributed by atoms with Crippen LogP contribution in [0.2, 0.25) is 0 Å². The molecular formula is C23H16FNO4S. The molecule has 0 aliphatic carbocycles. The zero-order chi connectivity index (χ0) is 21.3. The average molecular weight is 421 g/mol. The minimum absolute atomic E-state index is 0.0233. The molecule has 4 rings (SSSR count). The number of carbonyl (C=O) groups is 1. The van der Waals surface area contributed by atoms with E-state index in [1.54, 1.807) is 42.5 Å². The van der Waals surface area contributed by atoms with Gasteiger partial charge in [-0.1, -0.05) is 18.2 Å². The quantitative estimate of drug-likeness (QED) is 0.448. The Hall–Kier alpha value is -3.58. The average Bonchev–Trinajstić information content (AvgIpc) is 2.78. The molecule has 0 spiro atoms. The first-order valence-electron chi connectivity index (χ1n) is 8.99. The smallest absolute Gasteiger partial charge is 0.339 e. The molecule has 0 N–H and O–H groups in total. The minimum atomic E-state index is -3.95. The summed E-state index contributed by atoms with van der Waals surface area (Å²) < 4.78 is 44.2. The molecule has 0 amide bonds. The van der Waals surface area contributed by atoms with Crippen LogP contribution < -0.4 is 0 Å². The SMILES string of the molecule is COC(=O)c1ccccc1S(=O)(=O)c1ccc2nc(-c3ccc(F)cc3)ccc2c1. The monoisotopic (exact) mass is 421 g/mol. The van der Waals surface area contributed by atoms with Gasteiger partial charge in [-0.15, -0.1) is 0 Å². The van der Waals surface area contributed by atoms with Gasteiger partial charge in [-0.3, -0.25) is 0 Å². The molecular weight excluding hydrogens is 405 g/mol. The largest absolute Gasteiger partial charge is 0.465 e. The molecule has 0 fully saturated rings. The van der Waals surface area contributed by atoms with Crippen molar-refractivity contribution in [1.29, 1.82) is 0 Å². The zero-order valence-corrected chi connectivity index (χ0v) is 16.7. The van der Waals surface area contributed by atoms with E-state index in [1.165, 1.54) is 43.5 Å². The van der Waals surface area contributed by atoms with E-state index in [0.29, 0.717) is 16.6 Å². The Bertz CT molecular complexity index is 1370. The molecule has 0 aliphatic heterocycles. The van der Waals surface area contributed by atoms with E-state index in [4.69, 9.17) is 4.74 Å². The summed E-state index contributed by atoms with van der Waals surface area (Å²) in [7, 11) is -2.75. The van der Waals surface area contributed by atoms with Gasteiger partial charge >= 0.3 is 5.97 Å². The molecule has 1 aromatic heterocycles. The Morgan fingerprint density at radius 3 is 2.40 bits per heavy atom. The molecule has 0 aliphatic rings. The number of benzene rings is 3. The lowest BCUT2D eigenvalue weighted by molar-refractivity contribution is 0.0596. The number of rotatable bonds is 4. The van der Waals surface area contributed by atoms with Crippen LogP contribution in [0, 0.1) is 5.82 Å². The molecule has 3 aromatic carbocycles. The molecule has 4 aromatic rings. The van der Waals surface area contributed by atoms with E-state index in [9.17, 15) is 17.6 Å². The number of pyridine rings is 1. The van der Waals surface area contributed by atoms with E-state index < -0.39 is 15.8 Å². The number of hydrogen-bond acceptors (Lipinski definition) is 5. The van der Waals surface area contributed by atoms with E-state index in [-0.39, 0.29) is 21.2 Å². The number of sulfone groups is 1. The summed E-state index contributed by atoms with van der Waals surface area (Å²) in [5, 5.41) is 0.623. The molecule has 0 radical (unpaired) electrons. The van der Waals surface area contributed by atoms with Gasteiger partial charge in [-0.05, 0) is 60.7 Å². The Morgan fingerprint density at radius 2 is 1.67 bits per heavy atom. The fraction of sp³-hybridized carbons (Fsp3) is 0.0435. The van der Waals surface area contributed by atoms with Gasteiger partial charge < -0.3 is 4.74 Å². The molecule has 0 saturated heterocycles. The van der Waals surface area contributed by atoms with Gasteiger partial charge in [0, 0.05) is 10.9 Å². The number of esters is 1. The van der Waals surface area contributed by atoms with Crippen LogP contribution in [0.4, 0.5) is 4.39 Å². The normalized spacial score (nSPS) is 11.4. The van der Waals surface area contributed by atoms with Crippen LogP contribution in [0.25, 0.3) is 22.2 Å². The van der Waals surface area contributed by atoms with Crippen molar-refractivity contribution in [2.24, 2.45) is 0 Å². The first kappa shape index (κ1) is 19.7. The third-order valence-electron chi connectivity index (χ3n) is 4.69. The van der Waals surface area contributed by atoms with Crippen molar-refractivity contribution in [3.05, 3.63) is 90.2 Å². The number of aromatic nitrogens is 1. The second-order valence-electron chi connectivity index (χ2n) is 6.55. The third-order valence-corrected chi connectivity index (χ3v) is 6.50. The summed E-state index contributed by atoms with van der Waals surface area (Å²) >= 11 is 0. The highest BCUT2D eigenvalue weighted by Gasteiger charge is 2.25. The van der Waals surface area contributed by atoms with E-state index >= 15 is 0 Å². The topological polar surface area (TPSA) is 73.3 Å². The van der Waals surface area contributed by atoms with Gasteiger partial charge in [0.2, 0.25) is 9.84 Å². The van der Waals surface area contributed by atoms with Crippen molar-refractivity contribution in [1.82, 2.24) is 4.98 Å².